The molecule has 6 rings (SSSR count). The Morgan fingerprint density at radius 1 is 0.781 bits per heavy atom. The lowest BCUT2D eigenvalue weighted by molar-refractivity contribution is 0.131. The first-order valence-corrected chi connectivity index (χ1v) is 11.9. The van der Waals surface area contributed by atoms with Crippen molar-refractivity contribution < 1.29 is 9.52 Å². The van der Waals surface area contributed by atoms with Gasteiger partial charge in [0.2, 0.25) is 0 Å². The normalized spacial score (nSPS) is 16.8. The highest BCUT2D eigenvalue weighted by Crippen LogP contribution is 2.54. The molecule has 32 heavy (non-hydrogen) atoms. The van der Waals surface area contributed by atoms with Gasteiger partial charge in [0.15, 0.2) is 0 Å². The molecular weight excluding hydrogens is 484 g/mol. The Kier molecular flexibility index (Phi) is 4.55. The van der Waals surface area contributed by atoms with Crippen molar-refractivity contribution in [3.63, 3.8) is 0 Å². The third-order valence-electron chi connectivity index (χ3n) is 6.33. The maximum atomic E-state index is 12.5. The number of hydrogen-bond donors (Lipinski definition) is 1. The van der Waals surface area contributed by atoms with Crippen molar-refractivity contribution in [2.45, 2.75) is 10.9 Å². The molecule has 0 aliphatic heterocycles. The average molecular weight is 502 g/mol. The van der Waals surface area contributed by atoms with E-state index in [0.717, 1.165) is 44.3 Å². The SMILES string of the molecule is OC1(c2cc(Cl)ccc2-c2cc3ccccc3o2)c2ccccc2-c2c(CBr)cccc21. The number of alkyl halides is 1. The van der Waals surface area contributed by atoms with Crippen LogP contribution in [0.4, 0.5) is 0 Å². The summed E-state index contributed by atoms with van der Waals surface area (Å²) in [5, 5.41) is 14.8. The fourth-order valence-corrected chi connectivity index (χ4v) is 5.57. The first kappa shape index (κ1) is 19.8. The molecule has 1 heterocycles. The molecule has 0 saturated carbocycles. The van der Waals surface area contributed by atoms with Gasteiger partial charge in [-0.2, -0.15) is 0 Å². The molecule has 1 aromatic heterocycles. The number of rotatable bonds is 3. The van der Waals surface area contributed by atoms with Crippen LogP contribution in [-0.4, -0.2) is 5.11 Å². The number of hydrogen-bond acceptors (Lipinski definition) is 2. The van der Waals surface area contributed by atoms with E-state index in [1.54, 1.807) is 0 Å². The van der Waals surface area contributed by atoms with Crippen molar-refractivity contribution in [1.29, 1.82) is 0 Å². The molecule has 5 aromatic rings. The van der Waals surface area contributed by atoms with E-state index in [4.69, 9.17) is 16.0 Å². The smallest absolute Gasteiger partial charge is 0.142 e. The second kappa shape index (κ2) is 7.35. The van der Waals surface area contributed by atoms with Gasteiger partial charge in [-0.1, -0.05) is 88.2 Å². The molecule has 1 N–H and O–H groups in total. The summed E-state index contributed by atoms with van der Waals surface area (Å²) in [7, 11) is 0. The van der Waals surface area contributed by atoms with Crippen molar-refractivity contribution in [3.8, 4) is 22.5 Å². The number of halogens is 2. The first-order valence-electron chi connectivity index (χ1n) is 10.4. The van der Waals surface area contributed by atoms with E-state index in [1.165, 1.54) is 0 Å². The highest BCUT2D eigenvalue weighted by molar-refractivity contribution is 9.08. The van der Waals surface area contributed by atoms with E-state index >= 15 is 0 Å². The summed E-state index contributed by atoms with van der Waals surface area (Å²) in [6.45, 7) is 0. The van der Waals surface area contributed by atoms with Gasteiger partial charge in [0.05, 0.1) is 0 Å². The van der Waals surface area contributed by atoms with Crippen LogP contribution in [0.3, 0.4) is 0 Å². The summed E-state index contributed by atoms with van der Waals surface area (Å²) in [6, 6.07) is 29.7. The van der Waals surface area contributed by atoms with Gasteiger partial charge in [-0.25, -0.2) is 0 Å². The van der Waals surface area contributed by atoms with Crippen LogP contribution in [0.1, 0.15) is 22.3 Å². The zero-order chi connectivity index (χ0) is 21.9. The van der Waals surface area contributed by atoms with Crippen molar-refractivity contribution in [1.82, 2.24) is 0 Å². The fourth-order valence-electron chi connectivity index (χ4n) is 4.93. The number of aliphatic hydroxyl groups is 1. The standard InChI is InChI=1S/C28H18BrClO2/c29-16-18-7-5-10-23-27(18)21-8-2-3-9-22(21)28(23,31)24-15-19(30)12-13-20(24)26-14-17-6-1-4-11-25(17)32-26/h1-15,31H,16H2. The van der Waals surface area contributed by atoms with E-state index in [-0.39, 0.29) is 0 Å². The lowest BCUT2D eigenvalue weighted by Crippen LogP contribution is -2.27. The summed E-state index contributed by atoms with van der Waals surface area (Å²) < 4.78 is 6.20. The van der Waals surface area contributed by atoms with Gasteiger partial charge in [-0.3, -0.25) is 0 Å². The molecular formula is C28H18BrClO2. The van der Waals surface area contributed by atoms with Crippen molar-refractivity contribution >= 4 is 38.5 Å². The number of fused-ring (bicyclic) bond motifs is 4. The van der Waals surface area contributed by atoms with Gasteiger partial charge in [-0.05, 0) is 47.0 Å². The van der Waals surface area contributed by atoms with Gasteiger partial charge in [0.25, 0.3) is 0 Å². The maximum Gasteiger partial charge on any atom is 0.142 e. The molecule has 0 radical (unpaired) electrons. The molecule has 1 aliphatic rings. The minimum Gasteiger partial charge on any atom is -0.456 e. The molecule has 1 aliphatic carbocycles. The molecule has 0 saturated heterocycles. The van der Waals surface area contributed by atoms with E-state index in [1.807, 2.05) is 78.9 Å². The van der Waals surface area contributed by atoms with Crippen molar-refractivity contribution in [2.75, 3.05) is 0 Å². The van der Waals surface area contributed by atoms with E-state index in [9.17, 15) is 5.11 Å². The van der Waals surface area contributed by atoms with Crippen LogP contribution in [0.25, 0.3) is 33.4 Å². The second-order valence-corrected chi connectivity index (χ2v) is 9.06. The Bertz CT molecular complexity index is 1470. The van der Waals surface area contributed by atoms with Crippen LogP contribution < -0.4 is 0 Å². The lowest BCUT2D eigenvalue weighted by atomic mass is 9.81. The predicted octanol–water partition coefficient (Wildman–Crippen LogP) is 7.91. The Labute approximate surface area is 199 Å². The largest absolute Gasteiger partial charge is 0.456 e. The topological polar surface area (TPSA) is 33.4 Å². The Balaban J connectivity index is 1.69. The third-order valence-corrected chi connectivity index (χ3v) is 7.17. The summed E-state index contributed by atoms with van der Waals surface area (Å²) in [5.41, 5.74) is 5.93. The summed E-state index contributed by atoms with van der Waals surface area (Å²) in [5.74, 6) is 0.703. The van der Waals surface area contributed by atoms with Crippen LogP contribution in [0.2, 0.25) is 5.02 Å². The zero-order valence-electron chi connectivity index (χ0n) is 17.0. The van der Waals surface area contributed by atoms with Crippen molar-refractivity contribution in [2.24, 2.45) is 0 Å². The van der Waals surface area contributed by atoms with Crippen LogP contribution in [0.5, 0.6) is 0 Å². The average Bonchev–Trinajstić information content (AvgIpc) is 3.37. The predicted molar refractivity (Wildman–Crippen MR) is 133 cm³/mol. The highest BCUT2D eigenvalue weighted by Gasteiger charge is 2.45. The summed E-state index contributed by atoms with van der Waals surface area (Å²) in [6.07, 6.45) is 0. The van der Waals surface area contributed by atoms with Gasteiger partial charge < -0.3 is 9.52 Å². The fraction of sp³-hybridized carbons (Fsp3) is 0.0714. The molecule has 0 fully saturated rings. The number of benzene rings is 4. The van der Waals surface area contributed by atoms with Gasteiger partial charge in [0, 0.05) is 38.0 Å². The van der Waals surface area contributed by atoms with Crippen LogP contribution in [-0.2, 0) is 10.9 Å². The van der Waals surface area contributed by atoms with E-state index in [0.29, 0.717) is 21.7 Å². The lowest BCUT2D eigenvalue weighted by Gasteiger charge is -2.29. The highest BCUT2D eigenvalue weighted by atomic mass is 79.9. The zero-order valence-corrected chi connectivity index (χ0v) is 19.3. The quantitative estimate of drug-likeness (QED) is 0.255. The Morgan fingerprint density at radius 2 is 1.56 bits per heavy atom. The molecule has 0 amide bonds. The molecule has 2 nitrogen and oxygen atoms in total. The molecule has 0 bridgehead atoms. The van der Waals surface area contributed by atoms with Gasteiger partial charge >= 0.3 is 0 Å². The van der Waals surface area contributed by atoms with Crippen molar-refractivity contribution in [3.05, 3.63) is 118 Å². The number of para-hydroxylation sites is 1. The Hall–Kier alpha value is -2.85. The summed E-state index contributed by atoms with van der Waals surface area (Å²) in [4.78, 5) is 0. The van der Waals surface area contributed by atoms with E-state index < -0.39 is 5.60 Å². The minimum atomic E-state index is -1.36. The molecule has 1 unspecified atom stereocenters. The van der Waals surface area contributed by atoms with Crippen LogP contribution in [0, 0.1) is 0 Å². The minimum absolute atomic E-state index is 0.566. The third kappa shape index (κ3) is 2.75. The molecule has 4 aromatic carbocycles. The van der Waals surface area contributed by atoms with Crippen LogP contribution >= 0.6 is 27.5 Å². The van der Waals surface area contributed by atoms with Crippen LogP contribution in [0.15, 0.2) is 95.4 Å². The van der Waals surface area contributed by atoms with Gasteiger partial charge in [0.1, 0.15) is 16.9 Å². The first-order chi connectivity index (χ1) is 15.6. The monoisotopic (exact) mass is 500 g/mol. The maximum absolute atomic E-state index is 12.5. The van der Waals surface area contributed by atoms with E-state index in [2.05, 4.69) is 28.1 Å². The second-order valence-electron chi connectivity index (χ2n) is 8.07. The summed E-state index contributed by atoms with van der Waals surface area (Å²) >= 11 is 10.1. The molecule has 1 atom stereocenters. The number of furan rings is 1. The Morgan fingerprint density at radius 3 is 2.41 bits per heavy atom. The van der Waals surface area contributed by atoms with Gasteiger partial charge in [-0.15, -0.1) is 0 Å². The molecule has 156 valence electrons. The molecule has 4 heteroatoms. The molecule has 0 spiro atoms.